The van der Waals surface area contributed by atoms with E-state index in [1.54, 1.807) is 36.5 Å². The number of alkyl halides is 3. The molecule has 1 aromatic heterocycles. The van der Waals surface area contributed by atoms with Crippen molar-refractivity contribution in [1.82, 2.24) is 4.98 Å². The van der Waals surface area contributed by atoms with Crippen LogP contribution in [0.5, 0.6) is 0 Å². The van der Waals surface area contributed by atoms with Gasteiger partial charge in [0.25, 0.3) is 0 Å². The predicted octanol–water partition coefficient (Wildman–Crippen LogP) is 6.76. The number of hydrogen-bond donors (Lipinski definition) is 2. The van der Waals surface area contributed by atoms with Gasteiger partial charge in [0.2, 0.25) is 5.91 Å². The van der Waals surface area contributed by atoms with Crippen LogP contribution in [0.15, 0.2) is 54.7 Å². The lowest BCUT2D eigenvalue weighted by Gasteiger charge is -2.28. The third-order valence-corrected chi connectivity index (χ3v) is 6.23. The van der Waals surface area contributed by atoms with Gasteiger partial charge in [0.15, 0.2) is 0 Å². The van der Waals surface area contributed by atoms with Gasteiger partial charge in [0.1, 0.15) is 0 Å². The summed E-state index contributed by atoms with van der Waals surface area (Å²) in [6.07, 6.45) is 0.509. The molecule has 0 spiro atoms. The van der Waals surface area contributed by atoms with Crippen LogP contribution >= 0.6 is 11.6 Å². The molecule has 4 rings (SSSR count). The van der Waals surface area contributed by atoms with Gasteiger partial charge in [-0.05, 0) is 80.1 Å². The first-order valence-corrected chi connectivity index (χ1v) is 10.9. The van der Waals surface area contributed by atoms with Crippen LogP contribution in [-0.4, -0.2) is 17.4 Å². The highest BCUT2D eigenvalue weighted by molar-refractivity contribution is 6.30. The molecule has 1 amide bonds. The summed E-state index contributed by atoms with van der Waals surface area (Å²) in [6, 6.07) is 12.3. The van der Waals surface area contributed by atoms with Crippen molar-refractivity contribution in [2.24, 2.45) is 11.8 Å². The third kappa shape index (κ3) is 5.33. The second-order valence-corrected chi connectivity index (χ2v) is 8.62. The zero-order valence-corrected chi connectivity index (χ0v) is 18.0. The summed E-state index contributed by atoms with van der Waals surface area (Å²) >= 11 is 5.87. The van der Waals surface area contributed by atoms with Crippen LogP contribution in [0.3, 0.4) is 0 Å². The minimum atomic E-state index is -4.40. The van der Waals surface area contributed by atoms with E-state index in [9.17, 15) is 18.0 Å². The number of fused-ring (bicyclic) bond motifs is 1. The molecule has 0 aliphatic heterocycles. The number of benzene rings is 2. The number of nitrogens with zero attached hydrogens (tertiary/aromatic N) is 1. The summed E-state index contributed by atoms with van der Waals surface area (Å²) in [4.78, 5) is 16.7. The Kier molecular flexibility index (Phi) is 6.55. The molecule has 4 nitrogen and oxygen atoms in total. The Bertz CT molecular complexity index is 1090. The molecule has 2 aromatic carbocycles. The fraction of sp³-hybridized carbons (Fsp3) is 0.333. The van der Waals surface area contributed by atoms with Gasteiger partial charge in [0.05, 0.1) is 11.1 Å². The fourth-order valence-electron chi connectivity index (χ4n) is 4.14. The first-order valence-electron chi connectivity index (χ1n) is 10.6. The second kappa shape index (κ2) is 9.36. The Morgan fingerprint density at radius 3 is 2.44 bits per heavy atom. The van der Waals surface area contributed by atoms with Crippen LogP contribution in [-0.2, 0) is 11.0 Å². The van der Waals surface area contributed by atoms with Crippen molar-refractivity contribution < 1.29 is 18.0 Å². The Hall–Kier alpha value is -2.80. The van der Waals surface area contributed by atoms with Crippen LogP contribution in [0.25, 0.3) is 10.9 Å². The van der Waals surface area contributed by atoms with E-state index in [2.05, 4.69) is 15.6 Å². The minimum absolute atomic E-state index is 0.0125. The van der Waals surface area contributed by atoms with Crippen molar-refractivity contribution in [1.29, 1.82) is 0 Å². The van der Waals surface area contributed by atoms with Crippen molar-refractivity contribution in [3.63, 3.8) is 0 Å². The van der Waals surface area contributed by atoms with Gasteiger partial charge in [-0.15, -0.1) is 0 Å². The summed E-state index contributed by atoms with van der Waals surface area (Å²) in [5.41, 5.74) is 1.20. The smallest absolute Gasteiger partial charge is 0.384 e. The number of carbonyl (C=O) groups is 1. The van der Waals surface area contributed by atoms with E-state index in [1.165, 1.54) is 6.07 Å². The molecule has 0 bridgehead atoms. The van der Waals surface area contributed by atoms with Crippen LogP contribution in [0.2, 0.25) is 5.02 Å². The molecular formula is C24H23ClF3N3O. The second-order valence-electron chi connectivity index (χ2n) is 8.18. The van der Waals surface area contributed by atoms with Crippen molar-refractivity contribution in [2.75, 3.05) is 17.2 Å². The number of halogens is 4. The highest BCUT2D eigenvalue weighted by atomic mass is 35.5. The third-order valence-electron chi connectivity index (χ3n) is 5.98. The molecule has 3 aromatic rings. The standard InChI is InChI=1S/C24H23ClF3N3O/c25-18-6-8-19(9-7-18)31-23(32)16-3-1-15(2-4-16)14-30-22-11-12-29-21-10-5-17(13-20(21)22)24(26,27)28/h5-13,15-16H,1-4,14H2,(H,29,30)(H,31,32)/t15-,16-. The van der Waals surface area contributed by atoms with E-state index < -0.39 is 11.7 Å². The molecule has 32 heavy (non-hydrogen) atoms. The molecule has 0 atom stereocenters. The molecular weight excluding hydrogens is 439 g/mol. The van der Waals surface area contributed by atoms with E-state index in [4.69, 9.17) is 11.6 Å². The number of nitrogens with one attached hydrogen (secondary N) is 2. The summed E-state index contributed by atoms with van der Waals surface area (Å²) in [7, 11) is 0. The predicted molar refractivity (Wildman–Crippen MR) is 121 cm³/mol. The lowest BCUT2D eigenvalue weighted by atomic mass is 9.81. The van der Waals surface area contributed by atoms with Crippen LogP contribution < -0.4 is 10.6 Å². The lowest BCUT2D eigenvalue weighted by molar-refractivity contribution is -0.137. The largest absolute Gasteiger partial charge is 0.416 e. The SMILES string of the molecule is O=C(Nc1ccc(Cl)cc1)[C@H]1CC[C@H](CNc2ccnc3ccc(C(F)(F)F)cc23)CC1. The van der Waals surface area contributed by atoms with Gasteiger partial charge >= 0.3 is 6.18 Å². The van der Waals surface area contributed by atoms with E-state index in [0.29, 0.717) is 34.1 Å². The maximum atomic E-state index is 13.1. The maximum Gasteiger partial charge on any atom is 0.416 e. The van der Waals surface area contributed by atoms with Crippen molar-refractivity contribution >= 4 is 39.8 Å². The first kappa shape index (κ1) is 22.4. The molecule has 1 fully saturated rings. The van der Waals surface area contributed by atoms with E-state index in [1.807, 2.05) is 0 Å². The number of aromatic nitrogens is 1. The fourth-order valence-corrected chi connectivity index (χ4v) is 4.26. The molecule has 0 radical (unpaired) electrons. The van der Waals surface area contributed by atoms with Crippen LogP contribution in [0.4, 0.5) is 24.5 Å². The van der Waals surface area contributed by atoms with Crippen molar-refractivity contribution in [3.05, 3.63) is 65.3 Å². The normalized spacial score (nSPS) is 19.0. The highest BCUT2D eigenvalue weighted by Gasteiger charge is 2.31. The molecule has 1 aliphatic carbocycles. The molecule has 2 N–H and O–H groups in total. The van der Waals surface area contributed by atoms with E-state index in [0.717, 1.165) is 43.5 Å². The quantitative estimate of drug-likeness (QED) is 0.441. The van der Waals surface area contributed by atoms with E-state index in [-0.39, 0.29) is 11.8 Å². The Morgan fingerprint density at radius 2 is 1.75 bits per heavy atom. The van der Waals surface area contributed by atoms with Crippen LogP contribution in [0, 0.1) is 11.8 Å². The van der Waals surface area contributed by atoms with Gasteiger partial charge in [-0.3, -0.25) is 9.78 Å². The summed E-state index contributed by atoms with van der Waals surface area (Å²) in [5, 5.41) is 7.32. The number of amides is 1. The topological polar surface area (TPSA) is 54.0 Å². The van der Waals surface area contributed by atoms with Gasteiger partial charge in [-0.1, -0.05) is 11.6 Å². The summed E-state index contributed by atoms with van der Waals surface area (Å²) < 4.78 is 39.3. The number of hydrogen-bond acceptors (Lipinski definition) is 3. The number of anilines is 2. The van der Waals surface area contributed by atoms with Gasteiger partial charge in [-0.25, -0.2) is 0 Å². The van der Waals surface area contributed by atoms with Gasteiger partial charge in [-0.2, -0.15) is 13.2 Å². The van der Waals surface area contributed by atoms with Crippen LogP contribution in [0.1, 0.15) is 31.2 Å². The molecule has 1 saturated carbocycles. The molecule has 0 unspecified atom stereocenters. The number of pyridine rings is 1. The molecule has 0 saturated heterocycles. The minimum Gasteiger partial charge on any atom is -0.384 e. The maximum absolute atomic E-state index is 13.1. The van der Waals surface area contributed by atoms with Gasteiger partial charge in [0, 0.05) is 40.4 Å². The monoisotopic (exact) mass is 461 g/mol. The molecule has 1 heterocycles. The Labute approximate surface area is 189 Å². The molecule has 8 heteroatoms. The van der Waals surface area contributed by atoms with Crippen molar-refractivity contribution in [3.8, 4) is 0 Å². The average molecular weight is 462 g/mol. The van der Waals surface area contributed by atoms with Crippen molar-refractivity contribution in [2.45, 2.75) is 31.9 Å². The van der Waals surface area contributed by atoms with Gasteiger partial charge < -0.3 is 10.6 Å². The summed E-state index contributed by atoms with van der Waals surface area (Å²) in [5.74, 6) is 0.320. The Morgan fingerprint density at radius 1 is 1.03 bits per heavy atom. The number of carbonyl (C=O) groups excluding carboxylic acids is 1. The van der Waals surface area contributed by atoms with E-state index >= 15 is 0 Å². The zero-order valence-electron chi connectivity index (χ0n) is 17.3. The number of rotatable bonds is 5. The lowest BCUT2D eigenvalue weighted by Crippen LogP contribution is -2.29. The molecule has 1 aliphatic rings. The highest BCUT2D eigenvalue weighted by Crippen LogP contribution is 2.34. The molecule has 168 valence electrons. The average Bonchev–Trinajstić information content (AvgIpc) is 2.78. The zero-order chi connectivity index (χ0) is 22.7. The Balaban J connectivity index is 1.33. The first-order chi connectivity index (χ1) is 15.3. The summed E-state index contributed by atoms with van der Waals surface area (Å²) in [6.45, 7) is 0.640.